The Hall–Kier alpha value is -3.08. The predicted molar refractivity (Wildman–Crippen MR) is 113 cm³/mol. The molecule has 0 saturated carbocycles. The monoisotopic (exact) mass is 434 g/mol. The largest absolute Gasteiger partial charge is 0.301 e. The molecule has 0 amide bonds. The summed E-state index contributed by atoms with van der Waals surface area (Å²) in [5.41, 5.74) is -1.52. The summed E-state index contributed by atoms with van der Waals surface area (Å²) in [6.45, 7) is 9.44. The van der Waals surface area contributed by atoms with Gasteiger partial charge in [-0.1, -0.05) is 32.5 Å². The molecule has 11 heteroatoms. The minimum atomic E-state index is -0.887. The van der Waals surface area contributed by atoms with Crippen molar-refractivity contribution in [2.75, 3.05) is 5.75 Å². The van der Waals surface area contributed by atoms with Gasteiger partial charge in [-0.05, 0) is 20.8 Å². The van der Waals surface area contributed by atoms with Gasteiger partial charge in [0, 0.05) is 33.9 Å². The van der Waals surface area contributed by atoms with E-state index in [0.29, 0.717) is 5.69 Å². The second-order valence-electron chi connectivity index (χ2n) is 7.87. The summed E-state index contributed by atoms with van der Waals surface area (Å²) in [6.07, 6.45) is 0. The number of hydrogen-bond acceptors (Lipinski definition) is 8. The zero-order valence-corrected chi connectivity index (χ0v) is 18.3. The first-order valence-electron chi connectivity index (χ1n) is 8.96. The molecular weight excluding hydrogens is 412 g/mol. The molecule has 30 heavy (non-hydrogen) atoms. The first-order valence-corrected chi connectivity index (χ1v) is 9.94. The van der Waals surface area contributed by atoms with Crippen LogP contribution in [-0.4, -0.2) is 31.4 Å². The van der Waals surface area contributed by atoms with Crippen molar-refractivity contribution in [2.45, 2.75) is 52.1 Å². The van der Waals surface area contributed by atoms with Gasteiger partial charge in [0.05, 0.1) is 15.6 Å². The summed E-state index contributed by atoms with van der Waals surface area (Å²) >= 11 is 0.951. The van der Waals surface area contributed by atoms with Gasteiger partial charge >= 0.3 is 0 Å². The lowest BCUT2D eigenvalue weighted by Gasteiger charge is -2.22. The lowest BCUT2D eigenvalue weighted by Crippen LogP contribution is -2.21. The van der Waals surface area contributed by atoms with E-state index in [-0.39, 0.29) is 38.7 Å². The van der Waals surface area contributed by atoms with Crippen molar-refractivity contribution in [2.24, 2.45) is 0 Å². The molecule has 160 valence electrons. The smallest absolute Gasteiger partial charge is 0.283 e. The highest BCUT2D eigenvalue weighted by atomic mass is 32.2. The Morgan fingerprint density at radius 1 is 1.10 bits per heavy atom. The number of rotatable bonds is 6. The number of ketones is 1. The van der Waals surface area contributed by atoms with Gasteiger partial charge in [-0.2, -0.15) is 0 Å². The fraction of sp³-hybridized carbons (Fsp3) is 0.421. The van der Waals surface area contributed by atoms with Crippen molar-refractivity contribution in [3.63, 3.8) is 0 Å². The average molecular weight is 434 g/mol. The molecule has 0 aliphatic heterocycles. The molecule has 1 aromatic heterocycles. The molecule has 10 nitrogen and oxygen atoms in total. The quantitative estimate of drug-likeness (QED) is 0.237. The Bertz CT molecular complexity index is 1080. The topological polar surface area (TPSA) is 149 Å². The van der Waals surface area contributed by atoms with Gasteiger partial charge in [-0.25, -0.2) is 4.98 Å². The predicted octanol–water partition coefficient (Wildman–Crippen LogP) is 3.78. The summed E-state index contributed by atoms with van der Waals surface area (Å²) in [7, 11) is 0. The maximum Gasteiger partial charge on any atom is 0.283 e. The SMILES string of the molecule is Cc1cc(=O)[nH]c(SCC(=O)c2c(C)c([N+](=O)[O-])c(C(C)(C)C)c([N+](=O)[O-])c2C)n1. The number of carbonyl (C=O) groups excluding carboxylic acids is 1. The van der Waals surface area contributed by atoms with E-state index in [4.69, 9.17) is 0 Å². The first-order chi connectivity index (χ1) is 13.8. The van der Waals surface area contributed by atoms with Gasteiger partial charge in [-0.3, -0.25) is 29.8 Å². The zero-order chi connectivity index (χ0) is 23.0. The van der Waals surface area contributed by atoms with E-state index in [9.17, 15) is 29.8 Å². The van der Waals surface area contributed by atoms with Crippen LogP contribution < -0.4 is 5.56 Å². The van der Waals surface area contributed by atoms with Crippen molar-refractivity contribution in [3.05, 3.63) is 64.6 Å². The lowest BCUT2D eigenvalue weighted by molar-refractivity contribution is -0.397. The number of aryl methyl sites for hydroxylation is 1. The highest BCUT2D eigenvalue weighted by molar-refractivity contribution is 7.99. The average Bonchev–Trinajstić information content (AvgIpc) is 2.57. The Balaban J connectivity index is 2.64. The van der Waals surface area contributed by atoms with E-state index in [2.05, 4.69) is 9.97 Å². The molecule has 2 aromatic rings. The second kappa shape index (κ2) is 8.34. The normalized spacial score (nSPS) is 11.4. The van der Waals surface area contributed by atoms with E-state index < -0.39 is 32.4 Å². The molecule has 0 aliphatic carbocycles. The van der Waals surface area contributed by atoms with Gasteiger partial charge in [0.2, 0.25) is 0 Å². The van der Waals surface area contributed by atoms with Crippen molar-refractivity contribution in [1.29, 1.82) is 0 Å². The number of thioether (sulfide) groups is 1. The number of nitro benzene ring substituents is 2. The molecule has 0 unspecified atom stereocenters. The molecule has 0 atom stereocenters. The van der Waals surface area contributed by atoms with E-state index in [1.54, 1.807) is 27.7 Å². The number of hydrogen-bond donors (Lipinski definition) is 1. The summed E-state index contributed by atoms with van der Waals surface area (Å²) in [5.74, 6) is -0.720. The molecule has 1 heterocycles. The van der Waals surface area contributed by atoms with Gasteiger partial charge in [-0.15, -0.1) is 0 Å². The molecule has 0 radical (unpaired) electrons. The van der Waals surface area contributed by atoms with E-state index in [0.717, 1.165) is 11.8 Å². The summed E-state index contributed by atoms with van der Waals surface area (Å²) in [6, 6.07) is 1.30. The van der Waals surface area contributed by atoms with Crippen LogP contribution in [-0.2, 0) is 5.41 Å². The van der Waals surface area contributed by atoms with Crippen LogP contribution in [0.15, 0.2) is 16.0 Å². The molecule has 0 spiro atoms. The molecule has 0 aliphatic rings. The number of H-pyrrole nitrogens is 1. The van der Waals surface area contributed by atoms with Crippen molar-refractivity contribution in [1.82, 2.24) is 9.97 Å². The maximum absolute atomic E-state index is 13.0. The molecule has 1 aromatic carbocycles. The molecule has 2 rings (SSSR count). The third-order valence-electron chi connectivity index (χ3n) is 4.52. The highest BCUT2D eigenvalue weighted by Gasteiger charge is 2.40. The third kappa shape index (κ3) is 4.56. The van der Waals surface area contributed by atoms with Crippen LogP contribution in [0.1, 0.15) is 53.5 Å². The molecule has 0 bridgehead atoms. The van der Waals surface area contributed by atoms with E-state index in [1.807, 2.05) is 0 Å². The highest BCUT2D eigenvalue weighted by Crippen LogP contribution is 2.44. The Labute approximate surface area is 176 Å². The van der Waals surface area contributed by atoms with Gasteiger partial charge in [0.25, 0.3) is 16.9 Å². The van der Waals surface area contributed by atoms with Crippen molar-refractivity contribution in [3.8, 4) is 0 Å². The number of Topliss-reactive ketones (excluding diaryl/α,β-unsaturated/α-hetero) is 1. The number of nitro groups is 2. The number of nitrogens with one attached hydrogen (secondary N) is 1. The van der Waals surface area contributed by atoms with Crippen LogP contribution in [0.2, 0.25) is 0 Å². The molecule has 0 fully saturated rings. The van der Waals surface area contributed by atoms with Crippen LogP contribution in [0, 0.1) is 41.0 Å². The standard InChI is InChI=1S/C19H22N4O6S/c1-9-7-13(25)21-18(20-9)30-8-12(24)14-10(2)16(22(26)27)15(19(4,5)6)17(11(14)3)23(28)29/h7H,8H2,1-6H3,(H,20,21,25). The fourth-order valence-electron chi connectivity index (χ4n) is 3.42. The molecule has 0 saturated heterocycles. The van der Waals surface area contributed by atoms with Crippen molar-refractivity contribution >= 4 is 28.9 Å². The number of aromatic amines is 1. The maximum atomic E-state index is 13.0. The number of aromatic nitrogens is 2. The van der Waals surface area contributed by atoms with Gasteiger partial charge in [0.1, 0.15) is 5.56 Å². The lowest BCUT2D eigenvalue weighted by atomic mass is 9.80. The summed E-state index contributed by atoms with van der Waals surface area (Å²) < 4.78 is 0. The third-order valence-corrected chi connectivity index (χ3v) is 5.39. The molecule has 1 N–H and O–H groups in total. The zero-order valence-electron chi connectivity index (χ0n) is 17.5. The Morgan fingerprint density at radius 3 is 2.00 bits per heavy atom. The van der Waals surface area contributed by atoms with Gasteiger partial charge < -0.3 is 4.98 Å². The summed E-state index contributed by atoms with van der Waals surface area (Å²) in [4.78, 5) is 53.4. The second-order valence-corrected chi connectivity index (χ2v) is 8.83. The first kappa shape index (κ1) is 23.2. The molecular formula is C19H22N4O6S. The van der Waals surface area contributed by atoms with Crippen LogP contribution in [0.4, 0.5) is 11.4 Å². The Kier molecular flexibility index (Phi) is 6.45. The number of nitrogens with zero attached hydrogens (tertiary/aromatic N) is 3. The van der Waals surface area contributed by atoms with Crippen molar-refractivity contribution < 1.29 is 14.6 Å². The minimum absolute atomic E-state index is 0.0126. The van der Waals surface area contributed by atoms with Crippen LogP contribution in [0.3, 0.4) is 0 Å². The van der Waals surface area contributed by atoms with Crippen LogP contribution in [0.5, 0.6) is 0 Å². The number of benzene rings is 1. The van der Waals surface area contributed by atoms with E-state index >= 15 is 0 Å². The van der Waals surface area contributed by atoms with Gasteiger partial charge in [0.15, 0.2) is 10.9 Å². The Morgan fingerprint density at radius 2 is 1.60 bits per heavy atom. The minimum Gasteiger partial charge on any atom is -0.301 e. The summed E-state index contributed by atoms with van der Waals surface area (Å²) in [5, 5.41) is 23.9. The fourth-order valence-corrected chi connectivity index (χ4v) is 4.21. The van der Waals surface area contributed by atoms with E-state index in [1.165, 1.54) is 19.9 Å². The number of carbonyl (C=O) groups is 1. The van der Waals surface area contributed by atoms with Crippen LogP contribution in [0.25, 0.3) is 0 Å². The van der Waals surface area contributed by atoms with Crippen LogP contribution >= 0.6 is 11.8 Å².